The zero-order valence-corrected chi connectivity index (χ0v) is 9.85. The fourth-order valence-electron chi connectivity index (χ4n) is 2.92. The molecule has 4 heteroatoms. The Bertz CT molecular complexity index is 235. The summed E-state index contributed by atoms with van der Waals surface area (Å²) in [6, 6.07) is 0.609. The van der Waals surface area contributed by atoms with Crippen LogP contribution in [-0.2, 0) is 0 Å². The lowest BCUT2D eigenvalue weighted by Crippen LogP contribution is -2.44. The molecule has 3 nitrogen and oxygen atoms in total. The summed E-state index contributed by atoms with van der Waals surface area (Å²) >= 11 is 5.22. The van der Waals surface area contributed by atoms with Crippen molar-refractivity contribution in [3.05, 3.63) is 0 Å². The van der Waals surface area contributed by atoms with E-state index in [1.807, 2.05) is 0 Å². The van der Waals surface area contributed by atoms with Crippen LogP contribution >= 0.6 is 12.2 Å². The number of hydrogen-bond acceptors (Lipinski definition) is 2. The van der Waals surface area contributed by atoms with Gasteiger partial charge in [0.1, 0.15) is 0 Å². The van der Waals surface area contributed by atoms with E-state index in [1.165, 1.54) is 25.7 Å². The van der Waals surface area contributed by atoms with E-state index < -0.39 is 0 Å². The monoisotopic (exact) mass is 228 g/mol. The van der Waals surface area contributed by atoms with Crippen LogP contribution < -0.4 is 10.6 Å². The number of thiocarbonyl (C=S) groups is 1. The number of hydrogen-bond donors (Lipinski definition) is 3. The van der Waals surface area contributed by atoms with Crippen LogP contribution in [0.15, 0.2) is 0 Å². The Morgan fingerprint density at radius 2 is 2.20 bits per heavy atom. The van der Waals surface area contributed by atoms with Crippen molar-refractivity contribution >= 4 is 17.3 Å². The molecule has 3 unspecified atom stereocenters. The normalized spacial score (nSPS) is 33.0. The first-order chi connectivity index (χ1) is 7.29. The van der Waals surface area contributed by atoms with Gasteiger partial charge in [-0.15, -0.1) is 0 Å². The van der Waals surface area contributed by atoms with E-state index in [2.05, 4.69) is 10.6 Å². The van der Waals surface area contributed by atoms with Crippen LogP contribution in [0.5, 0.6) is 0 Å². The molecule has 2 bridgehead atoms. The van der Waals surface area contributed by atoms with Crippen molar-refractivity contribution in [1.82, 2.24) is 10.6 Å². The van der Waals surface area contributed by atoms with E-state index in [0.717, 1.165) is 29.9 Å². The number of rotatable bonds is 4. The Hall–Kier alpha value is -0.350. The zero-order chi connectivity index (χ0) is 10.7. The van der Waals surface area contributed by atoms with Gasteiger partial charge in [-0.3, -0.25) is 0 Å². The van der Waals surface area contributed by atoms with E-state index in [1.54, 1.807) is 0 Å². The first kappa shape index (κ1) is 11.1. The third-order valence-electron chi connectivity index (χ3n) is 3.68. The molecule has 0 saturated heterocycles. The summed E-state index contributed by atoms with van der Waals surface area (Å²) in [5.74, 6) is 1.81. The maximum absolute atomic E-state index is 8.65. The average molecular weight is 228 g/mol. The van der Waals surface area contributed by atoms with Crippen molar-refractivity contribution in [3.8, 4) is 0 Å². The molecular formula is C11H20N2OS. The quantitative estimate of drug-likeness (QED) is 0.496. The van der Waals surface area contributed by atoms with Crippen molar-refractivity contribution in [2.24, 2.45) is 11.8 Å². The lowest BCUT2D eigenvalue weighted by molar-refractivity contribution is 0.289. The predicted octanol–water partition coefficient (Wildman–Crippen LogP) is 1.02. The molecular weight excluding hydrogens is 208 g/mol. The molecule has 0 aliphatic heterocycles. The van der Waals surface area contributed by atoms with Crippen molar-refractivity contribution in [3.63, 3.8) is 0 Å². The van der Waals surface area contributed by atoms with Crippen molar-refractivity contribution in [2.45, 2.75) is 38.1 Å². The van der Waals surface area contributed by atoms with Gasteiger partial charge in [-0.05, 0) is 49.7 Å². The van der Waals surface area contributed by atoms with Gasteiger partial charge in [0.2, 0.25) is 0 Å². The van der Waals surface area contributed by atoms with Gasteiger partial charge in [0, 0.05) is 19.2 Å². The second-order valence-electron chi connectivity index (χ2n) is 4.76. The molecule has 3 N–H and O–H groups in total. The van der Waals surface area contributed by atoms with Crippen LogP contribution in [0.3, 0.4) is 0 Å². The van der Waals surface area contributed by atoms with Crippen LogP contribution in [0.2, 0.25) is 0 Å². The van der Waals surface area contributed by atoms with Crippen LogP contribution in [0.1, 0.15) is 32.1 Å². The second kappa shape index (κ2) is 5.12. The van der Waals surface area contributed by atoms with Crippen LogP contribution in [0, 0.1) is 11.8 Å². The van der Waals surface area contributed by atoms with Crippen molar-refractivity contribution < 1.29 is 5.11 Å². The van der Waals surface area contributed by atoms with E-state index in [4.69, 9.17) is 17.3 Å². The molecule has 0 spiro atoms. The Kier molecular flexibility index (Phi) is 3.81. The van der Waals surface area contributed by atoms with Gasteiger partial charge in [0.05, 0.1) is 0 Å². The SMILES string of the molecule is OCCCNC(=S)NC1CC2CCC1C2. The molecule has 0 aromatic heterocycles. The lowest BCUT2D eigenvalue weighted by atomic mass is 9.96. The van der Waals surface area contributed by atoms with E-state index in [-0.39, 0.29) is 6.61 Å². The van der Waals surface area contributed by atoms with Gasteiger partial charge < -0.3 is 15.7 Å². The molecule has 2 aliphatic rings. The van der Waals surface area contributed by atoms with Gasteiger partial charge in [-0.2, -0.15) is 0 Å². The molecule has 3 atom stereocenters. The van der Waals surface area contributed by atoms with Crippen molar-refractivity contribution in [1.29, 1.82) is 0 Å². The molecule has 2 rings (SSSR count). The summed E-state index contributed by atoms with van der Waals surface area (Å²) in [7, 11) is 0. The number of aliphatic hydroxyl groups is 1. The van der Waals surface area contributed by atoms with Crippen LogP contribution in [0.25, 0.3) is 0 Å². The molecule has 2 fully saturated rings. The van der Waals surface area contributed by atoms with E-state index in [0.29, 0.717) is 6.04 Å². The number of fused-ring (bicyclic) bond motifs is 2. The van der Waals surface area contributed by atoms with Gasteiger partial charge >= 0.3 is 0 Å². The lowest BCUT2D eigenvalue weighted by Gasteiger charge is -2.24. The Balaban J connectivity index is 1.66. The summed E-state index contributed by atoms with van der Waals surface area (Å²) in [6.45, 7) is 0.993. The average Bonchev–Trinajstić information content (AvgIpc) is 2.79. The minimum atomic E-state index is 0.226. The molecule has 2 saturated carbocycles. The van der Waals surface area contributed by atoms with Gasteiger partial charge in [-0.25, -0.2) is 0 Å². The maximum Gasteiger partial charge on any atom is 0.166 e. The van der Waals surface area contributed by atoms with Crippen molar-refractivity contribution in [2.75, 3.05) is 13.2 Å². The highest BCUT2D eigenvalue weighted by atomic mass is 32.1. The first-order valence-electron chi connectivity index (χ1n) is 5.95. The largest absolute Gasteiger partial charge is 0.396 e. The van der Waals surface area contributed by atoms with Crippen LogP contribution in [-0.4, -0.2) is 29.4 Å². The second-order valence-corrected chi connectivity index (χ2v) is 5.17. The highest BCUT2D eigenvalue weighted by Gasteiger charge is 2.39. The molecule has 0 amide bonds. The molecule has 0 radical (unpaired) electrons. The Labute approximate surface area is 96.6 Å². The topological polar surface area (TPSA) is 44.3 Å². The smallest absolute Gasteiger partial charge is 0.166 e. The highest BCUT2D eigenvalue weighted by Crippen LogP contribution is 2.44. The fraction of sp³-hybridized carbons (Fsp3) is 0.909. The number of nitrogens with one attached hydrogen (secondary N) is 2. The molecule has 15 heavy (non-hydrogen) atoms. The molecule has 0 aromatic rings. The molecule has 0 aromatic carbocycles. The third kappa shape index (κ3) is 2.82. The Morgan fingerprint density at radius 1 is 1.33 bits per heavy atom. The summed E-state index contributed by atoms with van der Waals surface area (Å²) in [5.41, 5.74) is 0. The summed E-state index contributed by atoms with van der Waals surface area (Å²) in [4.78, 5) is 0. The fourth-order valence-corrected chi connectivity index (χ4v) is 3.18. The summed E-state index contributed by atoms with van der Waals surface area (Å²) in [6.07, 6.45) is 6.26. The predicted molar refractivity (Wildman–Crippen MR) is 64.7 cm³/mol. The first-order valence-corrected chi connectivity index (χ1v) is 6.35. The molecule has 2 aliphatic carbocycles. The highest BCUT2D eigenvalue weighted by molar-refractivity contribution is 7.80. The minimum absolute atomic E-state index is 0.226. The summed E-state index contributed by atoms with van der Waals surface area (Å²) < 4.78 is 0. The van der Waals surface area contributed by atoms with E-state index >= 15 is 0 Å². The third-order valence-corrected chi connectivity index (χ3v) is 3.94. The van der Waals surface area contributed by atoms with Gasteiger partial charge in [0.25, 0.3) is 0 Å². The maximum atomic E-state index is 8.65. The van der Waals surface area contributed by atoms with Gasteiger partial charge in [0.15, 0.2) is 5.11 Å². The standard InChI is InChI=1S/C11H20N2OS/c14-5-1-4-12-11(15)13-10-7-8-2-3-9(10)6-8/h8-10,14H,1-7H2,(H2,12,13,15). The van der Waals surface area contributed by atoms with E-state index in [9.17, 15) is 0 Å². The molecule has 86 valence electrons. The minimum Gasteiger partial charge on any atom is -0.396 e. The number of aliphatic hydroxyl groups excluding tert-OH is 1. The molecule has 0 heterocycles. The Morgan fingerprint density at radius 3 is 2.80 bits per heavy atom. The summed E-state index contributed by atoms with van der Waals surface area (Å²) in [5, 5.41) is 15.9. The van der Waals surface area contributed by atoms with Gasteiger partial charge in [-0.1, -0.05) is 6.42 Å². The van der Waals surface area contributed by atoms with Crippen LogP contribution in [0.4, 0.5) is 0 Å². The zero-order valence-electron chi connectivity index (χ0n) is 9.04.